The Morgan fingerprint density at radius 3 is 2.52 bits per heavy atom. The van der Waals surface area contributed by atoms with E-state index in [4.69, 9.17) is 17.3 Å². The molecule has 0 aliphatic carbocycles. The number of likely N-dealkylation sites (N-methyl/N-ethyl adjacent to an activating group) is 1. The molecule has 0 radical (unpaired) electrons. The first-order chi connectivity index (χ1) is 10.1. The second kappa shape index (κ2) is 7.41. The molecule has 0 saturated carbocycles. The maximum atomic E-state index is 6.40. The van der Waals surface area contributed by atoms with Crippen molar-refractivity contribution < 1.29 is 0 Å². The number of nitrogens with two attached hydrogens (primary N) is 1. The third-order valence-corrected chi connectivity index (χ3v) is 5.40. The Balaban J connectivity index is 2.30. The van der Waals surface area contributed by atoms with Crippen LogP contribution in [0.15, 0.2) is 41.8 Å². The fourth-order valence-electron chi connectivity index (χ4n) is 2.67. The molecule has 114 valence electrons. The summed E-state index contributed by atoms with van der Waals surface area (Å²) < 4.78 is 0. The van der Waals surface area contributed by atoms with Crippen molar-refractivity contribution in [3.05, 3.63) is 57.2 Å². The van der Waals surface area contributed by atoms with Crippen LogP contribution in [0.2, 0.25) is 5.02 Å². The van der Waals surface area contributed by atoms with E-state index in [1.165, 1.54) is 4.88 Å². The van der Waals surface area contributed by atoms with Crippen LogP contribution in [0.5, 0.6) is 0 Å². The standard InChI is InChI=1S/C17H23ClN2S/c1-4-15(19)17(16-10-7-11-21-16)20(3)12(2)13-8-5-6-9-14(13)18/h5-12,15,17H,4,19H2,1-3H3. The molecule has 0 aliphatic heterocycles. The van der Waals surface area contributed by atoms with Crippen molar-refractivity contribution >= 4 is 22.9 Å². The molecule has 1 aromatic heterocycles. The summed E-state index contributed by atoms with van der Waals surface area (Å²) >= 11 is 8.12. The second-order valence-electron chi connectivity index (χ2n) is 5.40. The highest BCUT2D eigenvalue weighted by atomic mass is 35.5. The van der Waals surface area contributed by atoms with E-state index in [0.29, 0.717) is 0 Å². The van der Waals surface area contributed by atoms with Crippen LogP contribution < -0.4 is 5.73 Å². The quantitative estimate of drug-likeness (QED) is 0.821. The summed E-state index contributed by atoms with van der Waals surface area (Å²) in [6.45, 7) is 4.32. The number of thiophene rings is 1. The van der Waals surface area contributed by atoms with Gasteiger partial charge in [-0.25, -0.2) is 0 Å². The minimum atomic E-state index is 0.110. The number of nitrogens with zero attached hydrogens (tertiary/aromatic N) is 1. The summed E-state index contributed by atoms with van der Waals surface area (Å²) in [6, 6.07) is 12.8. The van der Waals surface area contributed by atoms with Crippen LogP contribution in [0.25, 0.3) is 0 Å². The predicted molar refractivity (Wildman–Crippen MR) is 93.0 cm³/mol. The predicted octanol–water partition coefficient (Wildman–Crippen LogP) is 4.87. The Morgan fingerprint density at radius 2 is 1.95 bits per heavy atom. The van der Waals surface area contributed by atoms with Crippen molar-refractivity contribution in [3.8, 4) is 0 Å². The van der Waals surface area contributed by atoms with Gasteiger partial charge in [0.15, 0.2) is 0 Å². The molecule has 1 heterocycles. The molecule has 1 aromatic carbocycles. The molecule has 0 amide bonds. The first kappa shape index (κ1) is 16.5. The molecular weight excluding hydrogens is 300 g/mol. The summed E-state index contributed by atoms with van der Waals surface area (Å²) in [5.41, 5.74) is 7.54. The lowest BCUT2D eigenvalue weighted by Crippen LogP contribution is -2.39. The molecule has 2 nitrogen and oxygen atoms in total. The molecule has 3 atom stereocenters. The summed E-state index contributed by atoms with van der Waals surface area (Å²) in [6.07, 6.45) is 0.947. The lowest BCUT2D eigenvalue weighted by atomic mass is 9.99. The highest BCUT2D eigenvalue weighted by Gasteiger charge is 2.28. The van der Waals surface area contributed by atoms with Gasteiger partial charge in [-0.15, -0.1) is 11.3 Å². The van der Waals surface area contributed by atoms with E-state index in [1.54, 1.807) is 11.3 Å². The molecule has 4 heteroatoms. The van der Waals surface area contributed by atoms with Crippen LogP contribution >= 0.6 is 22.9 Å². The molecule has 2 rings (SSSR count). The number of halogens is 1. The maximum absolute atomic E-state index is 6.40. The number of benzene rings is 1. The van der Waals surface area contributed by atoms with Gasteiger partial charge in [-0.05, 0) is 43.5 Å². The normalized spacial score (nSPS) is 15.9. The minimum absolute atomic E-state index is 0.110. The number of hydrogen-bond donors (Lipinski definition) is 1. The molecule has 0 spiro atoms. The van der Waals surface area contributed by atoms with E-state index >= 15 is 0 Å². The Bertz CT molecular complexity index is 556. The SMILES string of the molecule is CCC(N)C(c1cccs1)N(C)C(C)c1ccccc1Cl. The Labute approximate surface area is 136 Å². The first-order valence-corrected chi connectivity index (χ1v) is 8.57. The Kier molecular flexibility index (Phi) is 5.82. The van der Waals surface area contributed by atoms with E-state index in [2.05, 4.69) is 49.4 Å². The summed E-state index contributed by atoms with van der Waals surface area (Å²) in [7, 11) is 2.13. The number of hydrogen-bond acceptors (Lipinski definition) is 3. The topological polar surface area (TPSA) is 29.3 Å². The summed E-state index contributed by atoms with van der Waals surface area (Å²) in [5.74, 6) is 0. The molecule has 2 N–H and O–H groups in total. The van der Waals surface area contributed by atoms with Gasteiger partial charge in [-0.3, -0.25) is 4.90 Å². The van der Waals surface area contributed by atoms with Gasteiger partial charge in [0.05, 0.1) is 6.04 Å². The van der Waals surface area contributed by atoms with Gasteiger partial charge in [-0.1, -0.05) is 42.8 Å². The van der Waals surface area contributed by atoms with Crippen LogP contribution in [0.4, 0.5) is 0 Å². The zero-order valence-corrected chi connectivity index (χ0v) is 14.4. The summed E-state index contributed by atoms with van der Waals surface area (Å²) in [4.78, 5) is 3.65. The zero-order valence-electron chi connectivity index (χ0n) is 12.8. The van der Waals surface area contributed by atoms with E-state index in [0.717, 1.165) is 17.0 Å². The lowest BCUT2D eigenvalue weighted by Gasteiger charge is -2.36. The lowest BCUT2D eigenvalue weighted by molar-refractivity contribution is 0.161. The van der Waals surface area contributed by atoms with E-state index in [1.807, 2.05) is 18.2 Å². The average Bonchev–Trinajstić information content (AvgIpc) is 3.00. The number of rotatable bonds is 6. The first-order valence-electron chi connectivity index (χ1n) is 7.31. The molecule has 0 fully saturated rings. The van der Waals surface area contributed by atoms with Crippen LogP contribution in [0, 0.1) is 0 Å². The van der Waals surface area contributed by atoms with Crippen molar-refractivity contribution in [2.45, 2.75) is 38.4 Å². The average molecular weight is 323 g/mol. The third-order valence-electron chi connectivity index (χ3n) is 4.12. The van der Waals surface area contributed by atoms with Crippen molar-refractivity contribution in [2.24, 2.45) is 5.73 Å². The van der Waals surface area contributed by atoms with Gasteiger partial charge >= 0.3 is 0 Å². The molecule has 0 bridgehead atoms. The molecule has 0 saturated heterocycles. The fourth-order valence-corrected chi connectivity index (χ4v) is 3.92. The fraction of sp³-hybridized carbons (Fsp3) is 0.412. The van der Waals surface area contributed by atoms with Crippen molar-refractivity contribution in [1.82, 2.24) is 4.90 Å². The van der Waals surface area contributed by atoms with Crippen molar-refractivity contribution in [1.29, 1.82) is 0 Å². The third kappa shape index (κ3) is 3.67. The van der Waals surface area contributed by atoms with Crippen molar-refractivity contribution in [2.75, 3.05) is 7.05 Å². The maximum Gasteiger partial charge on any atom is 0.0595 e. The molecule has 3 unspecified atom stereocenters. The molecule has 2 aromatic rings. The molecule has 21 heavy (non-hydrogen) atoms. The van der Waals surface area contributed by atoms with Gasteiger partial charge in [0.25, 0.3) is 0 Å². The van der Waals surface area contributed by atoms with Crippen LogP contribution in [-0.4, -0.2) is 18.0 Å². The van der Waals surface area contributed by atoms with Gasteiger partial charge in [0, 0.05) is 22.0 Å². The zero-order chi connectivity index (χ0) is 15.4. The highest BCUT2D eigenvalue weighted by Crippen LogP contribution is 2.35. The van der Waals surface area contributed by atoms with E-state index in [-0.39, 0.29) is 18.1 Å². The molecular formula is C17H23ClN2S. The Hall–Kier alpha value is -0.870. The van der Waals surface area contributed by atoms with Gasteiger partial charge in [0.2, 0.25) is 0 Å². The van der Waals surface area contributed by atoms with Gasteiger partial charge in [0.1, 0.15) is 0 Å². The van der Waals surface area contributed by atoms with Crippen LogP contribution in [-0.2, 0) is 0 Å². The Morgan fingerprint density at radius 1 is 1.24 bits per heavy atom. The summed E-state index contributed by atoms with van der Waals surface area (Å²) in [5, 5.41) is 2.92. The van der Waals surface area contributed by atoms with Gasteiger partial charge < -0.3 is 5.73 Å². The van der Waals surface area contributed by atoms with Gasteiger partial charge in [-0.2, -0.15) is 0 Å². The van der Waals surface area contributed by atoms with E-state index < -0.39 is 0 Å². The molecule has 0 aliphatic rings. The second-order valence-corrected chi connectivity index (χ2v) is 6.78. The largest absolute Gasteiger partial charge is 0.326 e. The van der Waals surface area contributed by atoms with Crippen molar-refractivity contribution in [3.63, 3.8) is 0 Å². The van der Waals surface area contributed by atoms with Crippen LogP contribution in [0.1, 0.15) is 42.8 Å². The van der Waals surface area contributed by atoms with E-state index in [9.17, 15) is 0 Å². The van der Waals surface area contributed by atoms with Crippen LogP contribution in [0.3, 0.4) is 0 Å². The smallest absolute Gasteiger partial charge is 0.0595 e. The monoisotopic (exact) mass is 322 g/mol. The highest BCUT2D eigenvalue weighted by molar-refractivity contribution is 7.10. The minimum Gasteiger partial charge on any atom is -0.326 e.